The van der Waals surface area contributed by atoms with E-state index >= 15 is 0 Å². The van der Waals surface area contributed by atoms with Gasteiger partial charge in [-0.15, -0.1) is 0 Å². The molecule has 4 heteroatoms. The summed E-state index contributed by atoms with van der Waals surface area (Å²) in [5.74, 6) is 0. The molecule has 4 nitrogen and oxygen atoms in total. The quantitative estimate of drug-likeness (QED) is 0.680. The van der Waals surface area contributed by atoms with Crippen LogP contribution in [0.5, 0.6) is 0 Å². The lowest BCUT2D eigenvalue weighted by molar-refractivity contribution is 0.578. The van der Waals surface area contributed by atoms with Crippen LogP contribution in [0.4, 0.5) is 22.7 Å². The number of rotatable bonds is 4. The smallest absolute Gasteiger partial charge is 0.0727 e. The van der Waals surface area contributed by atoms with Crippen LogP contribution in [-0.2, 0) is 0 Å². The molecule has 0 spiro atoms. The van der Waals surface area contributed by atoms with Gasteiger partial charge in [0.15, 0.2) is 0 Å². The van der Waals surface area contributed by atoms with E-state index in [1.54, 1.807) is 0 Å². The Morgan fingerprint density at radius 1 is 0.926 bits per heavy atom. The molecule has 4 rings (SSSR count). The van der Waals surface area contributed by atoms with Crippen molar-refractivity contribution in [1.82, 2.24) is 4.98 Å². The number of fused-ring (bicyclic) bond motifs is 1. The van der Waals surface area contributed by atoms with E-state index in [0.29, 0.717) is 0 Å². The Hall–Kier alpha value is -2.75. The van der Waals surface area contributed by atoms with Gasteiger partial charge in [0.25, 0.3) is 0 Å². The van der Waals surface area contributed by atoms with Crippen LogP contribution in [0.3, 0.4) is 0 Å². The van der Waals surface area contributed by atoms with Gasteiger partial charge in [0, 0.05) is 61.0 Å². The molecule has 0 aliphatic carbocycles. The molecule has 0 amide bonds. The predicted octanol–water partition coefficient (Wildman–Crippen LogP) is 5.34. The number of anilines is 4. The van der Waals surface area contributed by atoms with E-state index in [4.69, 9.17) is 0 Å². The van der Waals surface area contributed by atoms with Crippen LogP contribution >= 0.6 is 0 Å². The van der Waals surface area contributed by atoms with Crippen LogP contribution in [-0.4, -0.2) is 32.2 Å². The fraction of sp³-hybridized carbons (Fsp3) is 0.348. The number of piperidine rings is 1. The minimum Gasteiger partial charge on any atom is -0.378 e. The SMILES string of the molecule is Cc1cc(Nc2ccc(N3CCCCC3)cc2)c2cc(N(C)C)ccc2n1. The summed E-state index contributed by atoms with van der Waals surface area (Å²) < 4.78 is 0. The maximum absolute atomic E-state index is 4.69. The number of pyridine rings is 1. The van der Waals surface area contributed by atoms with Gasteiger partial charge in [-0.2, -0.15) is 0 Å². The number of aryl methyl sites for hydroxylation is 1. The molecular formula is C23H28N4. The lowest BCUT2D eigenvalue weighted by Gasteiger charge is -2.28. The van der Waals surface area contributed by atoms with Crippen molar-refractivity contribution in [1.29, 1.82) is 0 Å². The molecule has 1 aliphatic rings. The first-order valence-electron chi connectivity index (χ1n) is 9.81. The monoisotopic (exact) mass is 360 g/mol. The van der Waals surface area contributed by atoms with Gasteiger partial charge in [-0.05, 0) is 74.7 Å². The lowest BCUT2D eigenvalue weighted by Crippen LogP contribution is -2.29. The summed E-state index contributed by atoms with van der Waals surface area (Å²) in [6.07, 6.45) is 3.96. The number of nitrogens with zero attached hydrogens (tertiary/aromatic N) is 3. The molecule has 1 aliphatic heterocycles. The van der Waals surface area contributed by atoms with Crippen molar-refractivity contribution < 1.29 is 0 Å². The average Bonchev–Trinajstić information content (AvgIpc) is 2.69. The number of nitrogens with one attached hydrogen (secondary N) is 1. The van der Waals surface area contributed by atoms with Crippen molar-refractivity contribution >= 4 is 33.7 Å². The zero-order chi connectivity index (χ0) is 18.8. The standard InChI is InChI=1S/C23H28N4/c1-17-15-23(21-16-20(26(2)3)11-12-22(21)24-17)25-18-7-9-19(10-8-18)27-13-5-4-6-14-27/h7-12,15-16H,4-6,13-14H2,1-3H3,(H,24,25). The highest BCUT2D eigenvalue weighted by atomic mass is 15.1. The molecule has 2 aromatic carbocycles. The maximum Gasteiger partial charge on any atom is 0.0727 e. The Labute approximate surface area is 161 Å². The minimum atomic E-state index is 1.02. The highest BCUT2D eigenvalue weighted by molar-refractivity contribution is 5.95. The molecule has 140 valence electrons. The first kappa shape index (κ1) is 17.7. The molecule has 3 aromatic rings. The zero-order valence-electron chi connectivity index (χ0n) is 16.5. The Kier molecular flexibility index (Phi) is 4.88. The van der Waals surface area contributed by atoms with E-state index in [2.05, 4.69) is 82.7 Å². The summed E-state index contributed by atoms with van der Waals surface area (Å²) in [5, 5.41) is 4.75. The first-order chi connectivity index (χ1) is 13.1. The van der Waals surface area contributed by atoms with Gasteiger partial charge in [0.05, 0.1) is 5.52 Å². The number of hydrogen-bond donors (Lipinski definition) is 1. The fourth-order valence-electron chi connectivity index (χ4n) is 3.79. The van der Waals surface area contributed by atoms with Crippen LogP contribution in [0.2, 0.25) is 0 Å². The second-order valence-corrected chi connectivity index (χ2v) is 7.63. The summed E-state index contributed by atoms with van der Waals surface area (Å²) in [6, 6.07) is 17.4. The van der Waals surface area contributed by atoms with Gasteiger partial charge in [-0.3, -0.25) is 4.98 Å². The minimum absolute atomic E-state index is 1.02. The van der Waals surface area contributed by atoms with Crippen LogP contribution in [0.15, 0.2) is 48.5 Å². The Morgan fingerprint density at radius 3 is 2.37 bits per heavy atom. The second kappa shape index (κ2) is 7.47. The molecule has 0 radical (unpaired) electrons. The van der Waals surface area contributed by atoms with Gasteiger partial charge in [0.2, 0.25) is 0 Å². The van der Waals surface area contributed by atoms with E-state index in [0.717, 1.165) is 28.0 Å². The molecule has 1 aromatic heterocycles. The van der Waals surface area contributed by atoms with E-state index in [-0.39, 0.29) is 0 Å². The summed E-state index contributed by atoms with van der Waals surface area (Å²) in [5.41, 5.74) is 6.76. The summed E-state index contributed by atoms with van der Waals surface area (Å²) in [7, 11) is 4.13. The summed E-state index contributed by atoms with van der Waals surface area (Å²) in [6.45, 7) is 4.40. The highest BCUT2D eigenvalue weighted by Gasteiger charge is 2.11. The third kappa shape index (κ3) is 3.85. The molecule has 0 saturated carbocycles. The first-order valence-corrected chi connectivity index (χ1v) is 9.81. The van der Waals surface area contributed by atoms with Crippen molar-refractivity contribution in [2.24, 2.45) is 0 Å². The third-order valence-electron chi connectivity index (χ3n) is 5.30. The van der Waals surface area contributed by atoms with Gasteiger partial charge in [0.1, 0.15) is 0 Å². The molecule has 0 atom stereocenters. The van der Waals surface area contributed by atoms with E-state index in [1.807, 2.05) is 6.92 Å². The molecule has 27 heavy (non-hydrogen) atoms. The maximum atomic E-state index is 4.69. The summed E-state index contributed by atoms with van der Waals surface area (Å²) >= 11 is 0. The zero-order valence-corrected chi connectivity index (χ0v) is 16.5. The van der Waals surface area contributed by atoms with Crippen molar-refractivity contribution in [2.45, 2.75) is 26.2 Å². The number of hydrogen-bond acceptors (Lipinski definition) is 4. The molecule has 2 heterocycles. The average molecular weight is 361 g/mol. The third-order valence-corrected chi connectivity index (χ3v) is 5.30. The van der Waals surface area contributed by atoms with Crippen molar-refractivity contribution in [3.8, 4) is 0 Å². The molecule has 1 fully saturated rings. The van der Waals surface area contributed by atoms with E-state index in [1.165, 1.54) is 43.7 Å². The van der Waals surface area contributed by atoms with Gasteiger partial charge in [-0.1, -0.05) is 0 Å². The van der Waals surface area contributed by atoms with E-state index < -0.39 is 0 Å². The van der Waals surface area contributed by atoms with Crippen molar-refractivity contribution in [3.63, 3.8) is 0 Å². The number of aromatic nitrogens is 1. The van der Waals surface area contributed by atoms with Gasteiger partial charge >= 0.3 is 0 Å². The van der Waals surface area contributed by atoms with Crippen LogP contribution in [0.1, 0.15) is 25.0 Å². The Morgan fingerprint density at radius 2 is 1.67 bits per heavy atom. The topological polar surface area (TPSA) is 31.4 Å². The van der Waals surface area contributed by atoms with E-state index in [9.17, 15) is 0 Å². The number of benzene rings is 2. The normalized spacial score (nSPS) is 14.4. The molecule has 0 bridgehead atoms. The molecule has 1 saturated heterocycles. The molecule has 1 N–H and O–H groups in total. The van der Waals surface area contributed by atoms with Crippen LogP contribution < -0.4 is 15.1 Å². The predicted molar refractivity (Wildman–Crippen MR) is 117 cm³/mol. The Bertz CT molecular complexity index is 925. The van der Waals surface area contributed by atoms with Gasteiger partial charge in [-0.25, -0.2) is 0 Å². The molecule has 0 unspecified atom stereocenters. The highest BCUT2D eigenvalue weighted by Crippen LogP contribution is 2.30. The second-order valence-electron chi connectivity index (χ2n) is 7.63. The fourth-order valence-corrected chi connectivity index (χ4v) is 3.79. The molecular weight excluding hydrogens is 332 g/mol. The lowest BCUT2D eigenvalue weighted by atomic mass is 10.1. The Balaban J connectivity index is 1.63. The van der Waals surface area contributed by atoms with Crippen molar-refractivity contribution in [3.05, 3.63) is 54.2 Å². The van der Waals surface area contributed by atoms with Crippen LogP contribution in [0.25, 0.3) is 10.9 Å². The van der Waals surface area contributed by atoms with Crippen molar-refractivity contribution in [2.75, 3.05) is 42.3 Å². The van der Waals surface area contributed by atoms with Crippen LogP contribution in [0, 0.1) is 6.92 Å². The summed E-state index contributed by atoms with van der Waals surface area (Å²) in [4.78, 5) is 9.30. The largest absolute Gasteiger partial charge is 0.378 e. The van der Waals surface area contributed by atoms with Gasteiger partial charge < -0.3 is 15.1 Å².